The smallest absolute Gasteiger partial charge is 0.0480 e. The molecular formula is C10H21NO. The van der Waals surface area contributed by atoms with Crippen LogP contribution in [0.3, 0.4) is 0 Å². The molecule has 0 saturated carbocycles. The van der Waals surface area contributed by atoms with Crippen LogP contribution < -0.4 is 5.32 Å². The lowest BCUT2D eigenvalue weighted by Gasteiger charge is -2.13. The van der Waals surface area contributed by atoms with E-state index in [1.807, 2.05) is 13.1 Å². The molecule has 0 amide bonds. The molecule has 12 heavy (non-hydrogen) atoms. The summed E-state index contributed by atoms with van der Waals surface area (Å²) in [5, 5.41) is 3.23. The van der Waals surface area contributed by atoms with Gasteiger partial charge in [-0.25, -0.2) is 0 Å². The number of hydrogen-bond donors (Lipinski definition) is 1. The summed E-state index contributed by atoms with van der Waals surface area (Å²) < 4.78 is 5.39. The quantitative estimate of drug-likeness (QED) is 0.445. The lowest BCUT2D eigenvalue weighted by Crippen LogP contribution is -2.25. The maximum atomic E-state index is 5.39. The van der Waals surface area contributed by atoms with Gasteiger partial charge in [0.25, 0.3) is 0 Å². The Morgan fingerprint density at radius 3 is 2.75 bits per heavy atom. The van der Waals surface area contributed by atoms with Crippen molar-refractivity contribution in [3.63, 3.8) is 0 Å². The monoisotopic (exact) mass is 171 g/mol. The largest absolute Gasteiger partial charge is 0.381 e. The van der Waals surface area contributed by atoms with Gasteiger partial charge in [-0.1, -0.05) is 13.0 Å². The highest BCUT2D eigenvalue weighted by atomic mass is 16.5. The first-order chi connectivity index (χ1) is 5.85. The molecule has 0 aliphatic carbocycles. The van der Waals surface area contributed by atoms with E-state index in [0.29, 0.717) is 6.04 Å². The third-order valence-electron chi connectivity index (χ3n) is 1.82. The van der Waals surface area contributed by atoms with Crippen molar-refractivity contribution in [3.05, 3.63) is 12.7 Å². The van der Waals surface area contributed by atoms with E-state index >= 15 is 0 Å². The molecule has 0 rings (SSSR count). The average Bonchev–Trinajstić information content (AvgIpc) is 2.10. The van der Waals surface area contributed by atoms with Crippen LogP contribution in [0.25, 0.3) is 0 Å². The Bertz CT molecular complexity index is 104. The molecule has 1 unspecified atom stereocenters. The van der Waals surface area contributed by atoms with Crippen LogP contribution in [0.4, 0.5) is 0 Å². The van der Waals surface area contributed by atoms with Crippen molar-refractivity contribution in [2.75, 3.05) is 20.3 Å². The zero-order valence-electron chi connectivity index (χ0n) is 8.31. The first-order valence-corrected chi connectivity index (χ1v) is 4.71. The van der Waals surface area contributed by atoms with Crippen LogP contribution in [0, 0.1) is 0 Å². The van der Waals surface area contributed by atoms with Crippen LogP contribution in [0.1, 0.15) is 26.2 Å². The number of hydrogen-bond acceptors (Lipinski definition) is 2. The van der Waals surface area contributed by atoms with E-state index in [-0.39, 0.29) is 0 Å². The maximum Gasteiger partial charge on any atom is 0.0480 e. The Morgan fingerprint density at radius 1 is 1.50 bits per heavy atom. The lowest BCUT2D eigenvalue weighted by atomic mass is 10.1. The van der Waals surface area contributed by atoms with Crippen LogP contribution in [0.5, 0.6) is 0 Å². The molecule has 0 aromatic heterocycles. The lowest BCUT2D eigenvalue weighted by molar-refractivity contribution is 0.125. The van der Waals surface area contributed by atoms with Gasteiger partial charge in [-0.05, 0) is 26.3 Å². The zero-order valence-corrected chi connectivity index (χ0v) is 8.31. The highest BCUT2D eigenvalue weighted by Crippen LogP contribution is 1.98. The molecule has 0 aromatic carbocycles. The molecule has 0 spiro atoms. The highest BCUT2D eigenvalue weighted by Gasteiger charge is 2.01. The van der Waals surface area contributed by atoms with Crippen LogP contribution in [-0.4, -0.2) is 26.3 Å². The van der Waals surface area contributed by atoms with Crippen LogP contribution >= 0.6 is 0 Å². The first-order valence-electron chi connectivity index (χ1n) is 4.71. The van der Waals surface area contributed by atoms with Crippen molar-refractivity contribution >= 4 is 0 Å². The van der Waals surface area contributed by atoms with E-state index in [9.17, 15) is 0 Å². The predicted octanol–water partition coefficient (Wildman–Crippen LogP) is 1.97. The normalized spacial score (nSPS) is 12.8. The summed E-state index contributed by atoms with van der Waals surface area (Å²) in [6.07, 6.45) is 5.14. The molecule has 0 heterocycles. The second kappa shape index (κ2) is 8.75. The van der Waals surface area contributed by atoms with Gasteiger partial charge in [0.2, 0.25) is 0 Å². The fourth-order valence-corrected chi connectivity index (χ4v) is 1.05. The third-order valence-corrected chi connectivity index (χ3v) is 1.82. The summed E-state index contributed by atoms with van der Waals surface area (Å²) in [6, 6.07) is 0.527. The van der Waals surface area contributed by atoms with E-state index in [2.05, 4.69) is 18.8 Å². The molecule has 1 N–H and O–H groups in total. The molecule has 0 bridgehead atoms. The van der Waals surface area contributed by atoms with Crippen LogP contribution in [0.2, 0.25) is 0 Å². The van der Waals surface area contributed by atoms with Gasteiger partial charge >= 0.3 is 0 Å². The fraction of sp³-hybridized carbons (Fsp3) is 0.800. The second-order valence-corrected chi connectivity index (χ2v) is 2.91. The summed E-state index contributed by atoms with van der Waals surface area (Å²) in [6.45, 7) is 7.57. The molecule has 0 saturated heterocycles. The molecule has 2 nitrogen and oxygen atoms in total. The zero-order chi connectivity index (χ0) is 9.23. The van der Waals surface area contributed by atoms with E-state index < -0.39 is 0 Å². The maximum absolute atomic E-state index is 5.39. The molecule has 0 fully saturated rings. The highest BCUT2D eigenvalue weighted by molar-refractivity contribution is 4.76. The number of ether oxygens (including phenoxy) is 1. The van der Waals surface area contributed by atoms with Gasteiger partial charge in [0.05, 0.1) is 0 Å². The van der Waals surface area contributed by atoms with Crippen LogP contribution in [-0.2, 0) is 4.74 Å². The molecule has 0 aliphatic heterocycles. The van der Waals surface area contributed by atoms with Gasteiger partial charge in [-0.2, -0.15) is 0 Å². The molecule has 2 heteroatoms. The minimum atomic E-state index is 0.527. The molecule has 72 valence electrons. The second-order valence-electron chi connectivity index (χ2n) is 2.91. The van der Waals surface area contributed by atoms with E-state index in [1.165, 1.54) is 0 Å². The Balaban J connectivity index is 3.25. The van der Waals surface area contributed by atoms with Crippen molar-refractivity contribution in [1.82, 2.24) is 5.32 Å². The van der Waals surface area contributed by atoms with Gasteiger partial charge in [-0.3, -0.25) is 0 Å². The van der Waals surface area contributed by atoms with Crippen LogP contribution in [0.15, 0.2) is 12.7 Å². The molecule has 0 aromatic rings. The number of rotatable bonds is 8. The first kappa shape index (κ1) is 11.7. The van der Waals surface area contributed by atoms with E-state index in [1.54, 1.807) is 0 Å². The Kier molecular flexibility index (Phi) is 8.51. The van der Waals surface area contributed by atoms with Gasteiger partial charge in [0, 0.05) is 19.3 Å². The van der Waals surface area contributed by atoms with Gasteiger partial charge < -0.3 is 10.1 Å². The molecular weight excluding hydrogens is 150 g/mol. The Labute approximate surface area is 76.0 Å². The van der Waals surface area contributed by atoms with Crippen molar-refractivity contribution < 1.29 is 4.74 Å². The van der Waals surface area contributed by atoms with Crippen molar-refractivity contribution in [2.45, 2.75) is 32.2 Å². The SMILES string of the molecule is C=CCC(CCOCCC)NC. The third kappa shape index (κ3) is 6.38. The van der Waals surface area contributed by atoms with Crippen molar-refractivity contribution in [1.29, 1.82) is 0 Å². The molecule has 1 atom stereocenters. The van der Waals surface area contributed by atoms with Gasteiger partial charge in [0.15, 0.2) is 0 Å². The average molecular weight is 171 g/mol. The van der Waals surface area contributed by atoms with E-state index in [4.69, 9.17) is 4.74 Å². The molecule has 0 aliphatic rings. The summed E-state index contributed by atoms with van der Waals surface area (Å²) in [5.74, 6) is 0. The topological polar surface area (TPSA) is 21.3 Å². The van der Waals surface area contributed by atoms with Gasteiger partial charge in [-0.15, -0.1) is 6.58 Å². The van der Waals surface area contributed by atoms with E-state index in [0.717, 1.165) is 32.5 Å². The summed E-state index contributed by atoms with van der Waals surface area (Å²) in [7, 11) is 1.98. The summed E-state index contributed by atoms with van der Waals surface area (Å²) >= 11 is 0. The Hall–Kier alpha value is -0.340. The number of nitrogens with one attached hydrogen (secondary N) is 1. The Morgan fingerprint density at radius 2 is 2.25 bits per heavy atom. The fourth-order valence-electron chi connectivity index (χ4n) is 1.05. The standard InChI is InChI=1S/C10H21NO/c1-4-6-10(11-3)7-9-12-8-5-2/h4,10-11H,1,5-9H2,2-3H3. The minimum absolute atomic E-state index is 0.527. The summed E-state index contributed by atoms with van der Waals surface area (Å²) in [4.78, 5) is 0. The van der Waals surface area contributed by atoms with Crippen molar-refractivity contribution in [3.8, 4) is 0 Å². The molecule has 0 radical (unpaired) electrons. The minimum Gasteiger partial charge on any atom is -0.381 e. The van der Waals surface area contributed by atoms with Crippen molar-refractivity contribution in [2.24, 2.45) is 0 Å². The summed E-state index contributed by atoms with van der Waals surface area (Å²) in [5.41, 5.74) is 0. The predicted molar refractivity (Wildman–Crippen MR) is 53.4 cm³/mol. The van der Waals surface area contributed by atoms with Gasteiger partial charge in [0.1, 0.15) is 0 Å².